The molecule has 2 aromatic carbocycles. The Morgan fingerprint density at radius 1 is 1.16 bits per heavy atom. The van der Waals surface area contributed by atoms with Gasteiger partial charge < -0.3 is 14.8 Å². The van der Waals surface area contributed by atoms with Crippen LogP contribution in [0.3, 0.4) is 0 Å². The minimum atomic E-state index is -0.435. The Hall–Kier alpha value is -4.27. The molecule has 32 heavy (non-hydrogen) atoms. The van der Waals surface area contributed by atoms with Gasteiger partial charge in [0, 0.05) is 12.4 Å². The normalized spacial score (nSPS) is 11.1. The molecule has 0 aliphatic rings. The molecule has 0 saturated heterocycles. The summed E-state index contributed by atoms with van der Waals surface area (Å²) < 4.78 is 24.3. The fourth-order valence-corrected chi connectivity index (χ4v) is 3.26. The first-order valence-corrected chi connectivity index (χ1v) is 9.70. The number of carbonyl (C=O) groups excluding carboxylic acids is 1. The van der Waals surface area contributed by atoms with Gasteiger partial charge in [0.2, 0.25) is 0 Å². The van der Waals surface area contributed by atoms with Crippen LogP contribution in [-0.2, 0) is 6.54 Å². The molecule has 4 rings (SSSR count). The summed E-state index contributed by atoms with van der Waals surface area (Å²) in [5, 5.41) is 10.7. The van der Waals surface area contributed by atoms with E-state index in [9.17, 15) is 9.18 Å². The van der Waals surface area contributed by atoms with E-state index in [1.807, 2.05) is 0 Å². The number of aromatic nitrogens is 4. The summed E-state index contributed by atoms with van der Waals surface area (Å²) >= 11 is 0. The van der Waals surface area contributed by atoms with E-state index >= 15 is 0 Å². The van der Waals surface area contributed by atoms with Gasteiger partial charge in [-0.3, -0.25) is 19.9 Å². The van der Waals surface area contributed by atoms with Gasteiger partial charge in [-0.25, -0.2) is 4.39 Å². The predicted octanol–water partition coefficient (Wildman–Crippen LogP) is 3.61. The van der Waals surface area contributed by atoms with Crippen molar-refractivity contribution in [3.05, 3.63) is 77.3 Å². The standard InChI is InChI=1S/C23H20FN5O3/c1-31-20-11-14(3-6-17(20)24)4-7-18-21-19(29-28-18)8-5-16(22(21)32-2)23(30)27-13-15-12-25-9-10-26-15/h3-12H,13H2,1-2H3,(H,27,30)(H,28,29)/b7-4+. The lowest BCUT2D eigenvalue weighted by Gasteiger charge is -2.10. The lowest BCUT2D eigenvalue weighted by atomic mass is 10.1. The molecule has 9 heteroatoms. The summed E-state index contributed by atoms with van der Waals surface area (Å²) in [6, 6.07) is 7.96. The molecule has 0 aliphatic carbocycles. The second-order valence-corrected chi connectivity index (χ2v) is 6.78. The number of fused-ring (bicyclic) bond motifs is 1. The summed E-state index contributed by atoms with van der Waals surface area (Å²) in [4.78, 5) is 21.0. The Labute approximate surface area is 183 Å². The van der Waals surface area contributed by atoms with Crippen LogP contribution in [0.2, 0.25) is 0 Å². The van der Waals surface area contributed by atoms with Gasteiger partial charge in [0.15, 0.2) is 11.6 Å². The van der Waals surface area contributed by atoms with Gasteiger partial charge in [0.1, 0.15) is 5.75 Å². The molecule has 4 aromatic rings. The highest BCUT2D eigenvalue weighted by Gasteiger charge is 2.19. The van der Waals surface area contributed by atoms with Crippen molar-refractivity contribution in [3.8, 4) is 11.5 Å². The van der Waals surface area contributed by atoms with E-state index in [-0.39, 0.29) is 18.2 Å². The Morgan fingerprint density at radius 2 is 2.03 bits per heavy atom. The SMILES string of the molecule is COc1cc(/C=C/c2[nH]nc3ccc(C(=O)NCc4cnccn4)c(OC)c23)ccc1F. The molecule has 0 fully saturated rings. The van der Waals surface area contributed by atoms with E-state index in [1.54, 1.807) is 55.0 Å². The number of rotatable bonds is 7. The van der Waals surface area contributed by atoms with Crippen molar-refractivity contribution < 1.29 is 18.7 Å². The molecule has 0 aliphatic heterocycles. The molecule has 162 valence electrons. The zero-order valence-electron chi connectivity index (χ0n) is 17.4. The zero-order valence-corrected chi connectivity index (χ0v) is 17.4. The van der Waals surface area contributed by atoms with Crippen LogP contribution in [-0.4, -0.2) is 40.3 Å². The number of nitrogens with zero attached hydrogens (tertiary/aromatic N) is 3. The van der Waals surface area contributed by atoms with Crippen molar-refractivity contribution in [2.75, 3.05) is 14.2 Å². The third-order valence-electron chi connectivity index (χ3n) is 4.81. The molecule has 2 N–H and O–H groups in total. The van der Waals surface area contributed by atoms with Crippen LogP contribution < -0.4 is 14.8 Å². The maximum atomic E-state index is 13.7. The lowest BCUT2D eigenvalue weighted by Crippen LogP contribution is -2.24. The third kappa shape index (κ3) is 4.27. The monoisotopic (exact) mass is 433 g/mol. The van der Waals surface area contributed by atoms with Crippen molar-refractivity contribution in [1.82, 2.24) is 25.5 Å². The highest BCUT2D eigenvalue weighted by atomic mass is 19.1. The highest BCUT2D eigenvalue weighted by molar-refractivity contribution is 6.05. The fraction of sp³-hybridized carbons (Fsp3) is 0.130. The van der Waals surface area contributed by atoms with Crippen LogP contribution in [0.4, 0.5) is 4.39 Å². The van der Waals surface area contributed by atoms with E-state index in [0.717, 1.165) is 5.56 Å². The molecular formula is C23H20FN5O3. The minimum absolute atomic E-state index is 0.154. The van der Waals surface area contributed by atoms with Crippen LogP contribution in [0.25, 0.3) is 23.1 Å². The Morgan fingerprint density at radius 3 is 2.78 bits per heavy atom. The molecule has 0 spiro atoms. The van der Waals surface area contributed by atoms with Gasteiger partial charge in [-0.2, -0.15) is 5.10 Å². The minimum Gasteiger partial charge on any atom is -0.495 e. The Bertz CT molecular complexity index is 1290. The van der Waals surface area contributed by atoms with Crippen LogP contribution in [0.1, 0.15) is 27.3 Å². The van der Waals surface area contributed by atoms with Gasteiger partial charge in [-0.05, 0) is 35.9 Å². The number of nitrogens with one attached hydrogen (secondary N) is 2. The number of hydrogen-bond donors (Lipinski definition) is 2. The van der Waals surface area contributed by atoms with E-state index in [2.05, 4.69) is 25.5 Å². The quantitative estimate of drug-likeness (QED) is 0.462. The molecular weight excluding hydrogens is 413 g/mol. The van der Waals surface area contributed by atoms with E-state index in [4.69, 9.17) is 9.47 Å². The number of amides is 1. The van der Waals surface area contributed by atoms with Gasteiger partial charge in [0.05, 0.1) is 54.8 Å². The molecule has 8 nitrogen and oxygen atoms in total. The molecule has 2 heterocycles. The topological polar surface area (TPSA) is 102 Å². The Balaban J connectivity index is 1.64. The van der Waals surface area contributed by atoms with Crippen LogP contribution in [0.15, 0.2) is 48.9 Å². The summed E-state index contributed by atoms with van der Waals surface area (Å²) in [6.07, 6.45) is 8.29. The second-order valence-electron chi connectivity index (χ2n) is 6.78. The fourth-order valence-electron chi connectivity index (χ4n) is 3.26. The number of methoxy groups -OCH3 is 2. The molecule has 0 saturated carbocycles. The van der Waals surface area contributed by atoms with Crippen molar-refractivity contribution in [2.24, 2.45) is 0 Å². The summed E-state index contributed by atoms with van der Waals surface area (Å²) in [6.45, 7) is 0.235. The van der Waals surface area contributed by atoms with Crippen molar-refractivity contribution in [1.29, 1.82) is 0 Å². The lowest BCUT2D eigenvalue weighted by molar-refractivity contribution is 0.0947. The first-order chi connectivity index (χ1) is 15.6. The van der Waals surface area contributed by atoms with Gasteiger partial charge in [-0.15, -0.1) is 0 Å². The number of carbonyl (C=O) groups is 1. The molecule has 0 radical (unpaired) electrons. The summed E-state index contributed by atoms with van der Waals surface area (Å²) in [7, 11) is 2.91. The van der Waals surface area contributed by atoms with Crippen LogP contribution in [0, 0.1) is 5.82 Å². The maximum absolute atomic E-state index is 13.7. The Kier molecular flexibility index (Phi) is 6.07. The number of H-pyrrole nitrogens is 1. The molecule has 1 amide bonds. The molecule has 0 atom stereocenters. The average molecular weight is 433 g/mol. The number of hydrogen-bond acceptors (Lipinski definition) is 6. The molecule has 0 bridgehead atoms. The number of benzene rings is 2. The van der Waals surface area contributed by atoms with E-state index in [0.29, 0.717) is 33.6 Å². The second kappa shape index (κ2) is 9.25. The van der Waals surface area contributed by atoms with Crippen molar-refractivity contribution in [3.63, 3.8) is 0 Å². The van der Waals surface area contributed by atoms with E-state index in [1.165, 1.54) is 20.3 Å². The van der Waals surface area contributed by atoms with Gasteiger partial charge >= 0.3 is 0 Å². The zero-order chi connectivity index (χ0) is 22.5. The van der Waals surface area contributed by atoms with E-state index < -0.39 is 5.82 Å². The first kappa shape index (κ1) is 21.0. The smallest absolute Gasteiger partial charge is 0.255 e. The molecule has 2 aromatic heterocycles. The van der Waals surface area contributed by atoms with Gasteiger partial charge in [-0.1, -0.05) is 12.1 Å². The molecule has 0 unspecified atom stereocenters. The maximum Gasteiger partial charge on any atom is 0.255 e. The third-order valence-corrected chi connectivity index (χ3v) is 4.81. The van der Waals surface area contributed by atoms with Crippen molar-refractivity contribution in [2.45, 2.75) is 6.54 Å². The van der Waals surface area contributed by atoms with Crippen LogP contribution >= 0.6 is 0 Å². The van der Waals surface area contributed by atoms with Crippen molar-refractivity contribution >= 4 is 29.0 Å². The van der Waals surface area contributed by atoms with Crippen LogP contribution in [0.5, 0.6) is 11.5 Å². The summed E-state index contributed by atoms with van der Waals surface area (Å²) in [5.41, 5.74) is 3.03. The highest BCUT2D eigenvalue weighted by Crippen LogP contribution is 2.32. The average Bonchev–Trinajstić information content (AvgIpc) is 3.25. The van der Waals surface area contributed by atoms with Gasteiger partial charge in [0.25, 0.3) is 5.91 Å². The number of aromatic amines is 1. The predicted molar refractivity (Wildman–Crippen MR) is 118 cm³/mol. The largest absolute Gasteiger partial charge is 0.495 e. The summed E-state index contributed by atoms with van der Waals surface area (Å²) in [5.74, 6) is -0.199. The number of halogens is 1. The first-order valence-electron chi connectivity index (χ1n) is 9.70. The number of ether oxygens (including phenoxy) is 2.